The van der Waals surface area contributed by atoms with Gasteiger partial charge in [0.2, 0.25) is 11.8 Å². The number of carbonyl (C=O) groups excluding carboxylic acids is 2. The molecule has 4 aromatic rings. The van der Waals surface area contributed by atoms with Crippen molar-refractivity contribution >= 4 is 33.2 Å². The third-order valence-corrected chi connectivity index (χ3v) is 9.47. The number of anilines is 1. The van der Waals surface area contributed by atoms with Crippen LogP contribution in [-0.2, 0) is 32.6 Å². The van der Waals surface area contributed by atoms with Gasteiger partial charge in [-0.05, 0) is 49.6 Å². The molecule has 46 heavy (non-hydrogen) atoms. The quantitative estimate of drug-likeness (QED) is 0.140. The summed E-state index contributed by atoms with van der Waals surface area (Å²) in [5.41, 5.74) is 2.21. The lowest BCUT2D eigenvalue weighted by molar-refractivity contribution is -0.384. The Kier molecular flexibility index (Phi) is 11.3. The van der Waals surface area contributed by atoms with Gasteiger partial charge in [-0.1, -0.05) is 91.3 Å². The van der Waals surface area contributed by atoms with E-state index in [2.05, 4.69) is 5.32 Å². The van der Waals surface area contributed by atoms with E-state index >= 15 is 0 Å². The molecule has 0 heterocycles. The van der Waals surface area contributed by atoms with Gasteiger partial charge < -0.3 is 10.2 Å². The van der Waals surface area contributed by atoms with Crippen molar-refractivity contribution in [1.82, 2.24) is 10.2 Å². The van der Waals surface area contributed by atoms with Crippen molar-refractivity contribution in [3.05, 3.63) is 136 Å². The lowest BCUT2D eigenvalue weighted by Gasteiger charge is -2.34. The lowest BCUT2D eigenvalue weighted by atomic mass is 10.0. The minimum absolute atomic E-state index is 0.0265. The number of hydrogen-bond donors (Lipinski definition) is 1. The summed E-state index contributed by atoms with van der Waals surface area (Å²) in [6.45, 7) is 5.08. The van der Waals surface area contributed by atoms with Crippen LogP contribution >= 0.6 is 0 Å². The van der Waals surface area contributed by atoms with Crippen molar-refractivity contribution in [2.75, 3.05) is 10.8 Å². The molecule has 0 aliphatic carbocycles. The van der Waals surface area contributed by atoms with E-state index in [1.165, 1.54) is 35.2 Å². The van der Waals surface area contributed by atoms with Gasteiger partial charge in [0, 0.05) is 31.1 Å². The number of aryl methyl sites for hydroxylation is 1. The van der Waals surface area contributed by atoms with Crippen molar-refractivity contribution in [3.8, 4) is 0 Å². The molecule has 0 aliphatic heterocycles. The second-order valence-electron chi connectivity index (χ2n) is 11.1. The van der Waals surface area contributed by atoms with Crippen LogP contribution in [0.3, 0.4) is 0 Å². The average molecular weight is 643 g/mol. The standard InChI is InChI=1S/C35H38N4O6S/c1-4-27(3)36-35(41)33(22-28-12-7-5-8-13-28)37(24-29-20-18-26(2)19-21-29)34(40)25-38(30-14-11-15-31(23-30)39(42)43)46(44,45)32-16-9-6-10-17-32/h5-21,23,27,33H,4,22,24-25H2,1-3H3,(H,36,41)/t27-,33+/m0/s1. The van der Waals surface area contributed by atoms with Gasteiger partial charge in [-0.2, -0.15) is 0 Å². The third-order valence-electron chi connectivity index (χ3n) is 7.68. The first-order valence-corrected chi connectivity index (χ1v) is 16.4. The van der Waals surface area contributed by atoms with Crippen LogP contribution in [-0.4, -0.2) is 48.7 Å². The van der Waals surface area contributed by atoms with E-state index in [0.717, 1.165) is 27.1 Å². The number of nitrogens with one attached hydrogen (secondary N) is 1. The molecule has 0 radical (unpaired) electrons. The highest BCUT2D eigenvalue weighted by atomic mass is 32.2. The number of benzene rings is 4. The number of non-ortho nitro benzene ring substituents is 1. The van der Waals surface area contributed by atoms with Crippen LogP contribution in [0.4, 0.5) is 11.4 Å². The zero-order valence-electron chi connectivity index (χ0n) is 26.1. The molecular formula is C35H38N4O6S. The van der Waals surface area contributed by atoms with Gasteiger partial charge in [-0.25, -0.2) is 8.42 Å². The predicted molar refractivity (Wildman–Crippen MR) is 178 cm³/mol. The van der Waals surface area contributed by atoms with E-state index < -0.39 is 33.4 Å². The van der Waals surface area contributed by atoms with Crippen LogP contribution in [0.2, 0.25) is 0 Å². The average Bonchev–Trinajstić information content (AvgIpc) is 3.06. The van der Waals surface area contributed by atoms with Crippen LogP contribution in [0.25, 0.3) is 0 Å². The van der Waals surface area contributed by atoms with E-state index in [9.17, 15) is 28.1 Å². The molecule has 0 saturated carbocycles. The van der Waals surface area contributed by atoms with Gasteiger partial charge in [0.25, 0.3) is 15.7 Å². The summed E-state index contributed by atoms with van der Waals surface area (Å²) < 4.78 is 29.0. The van der Waals surface area contributed by atoms with Gasteiger partial charge in [-0.3, -0.25) is 24.0 Å². The molecule has 4 rings (SSSR count). The second kappa shape index (κ2) is 15.3. The largest absolute Gasteiger partial charge is 0.352 e. The Morgan fingerprint density at radius 2 is 1.50 bits per heavy atom. The van der Waals surface area contributed by atoms with Crippen LogP contribution in [0.5, 0.6) is 0 Å². The smallest absolute Gasteiger partial charge is 0.271 e. The molecule has 1 N–H and O–H groups in total. The number of nitrogens with zero attached hydrogens (tertiary/aromatic N) is 3. The summed E-state index contributed by atoms with van der Waals surface area (Å²) in [4.78, 5) is 40.7. The molecule has 0 fully saturated rings. The molecule has 4 aromatic carbocycles. The highest BCUT2D eigenvalue weighted by Crippen LogP contribution is 2.28. The second-order valence-corrected chi connectivity index (χ2v) is 13.0. The molecule has 0 spiro atoms. The SMILES string of the molecule is CC[C@H](C)NC(=O)[C@@H](Cc1ccccc1)N(Cc1ccc(C)cc1)C(=O)CN(c1cccc([N+](=O)[O-])c1)S(=O)(=O)c1ccccc1. The summed E-state index contributed by atoms with van der Waals surface area (Å²) in [6, 6.07) is 28.4. The first-order valence-electron chi connectivity index (χ1n) is 15.0. The lowest BCUT2D eigenvalue weighted by Crippen LogP contribution is -2.54. The Hall–Kier alpha value is -5.03. The molecule has 10 nitrogen and oxygen atoms in total. The minimum atomic E-state index is -4.37. The zero-order chi connectivity index (χ0) is 33.3. The monoisotopic (exact) mass is 642 g/mol. The first-order chi connectivity index (χ1) is 22.0. The van der Waals surface area contributed by atoms with Crippen molar-refractivity contribution in [1.29, 1.82) is 0 Å². The first kappa shape index (κ1) is 33.9. The Balaban J connectivity index is 1.83. The molecular weight excluding hydrogens is 604 g/mol. The van der Waals surface area contributed by atoms with Crippen molar-refractivity contribution in [2.45, 2.75) is 57.1 Å². The van der Waals surface area contributed by atoms with Crippen LogP contribution in [0.1, 0.15) is 37.0 Å². The number of amides is 2. The van der Waals surface area contributed by atoms with Gasteiger partial charge in [0.05, 0.1) is 15.5 Å². The molecule has 2 atom stereocenters. The molecule has 0 aromatic heterocycles. The van der Waals surface area contributed by atoms with Gasteiger partial charge in [-0.15, -0.1) is 0 Å². The van der Waals surface area contributed by atoms with Gasteiger partial charge in [0.1, 0.15) is 12.6 Å². The number of sulfonamides is 1. The fraction of sp³-hybridized carbons (Fsp3) is 0.257. The van der Waals surface area contributed by atoms with Crippen molar-refractivity contribution < 1.29 is 22.9 Å². The molecule has 0 saturated heterocycles. The minimum Gasteiger partial charge on any atom is -0.352 e. The number of hydrogen-bond acceptors (Lipinski definition) is 6. The molecule has 0 unspecified atom stereocenters. The van der Waals surface area contributed by atoms with Crippen LogP contribution in [0, 0.1) is 17.0 Å². The maximum Gasteiger partial charge on any atom is 0.271 e. The normalized spacial score (nSPS) is 12.5. The number of nitro groups is 1. The summed E-state index contributed by atoms with van der Waals surface area (Å²) >= 11 is 0. The topological polar surface area (TPSA) is 130 Å². The summed E-state index contributed by atoms with van der Waals surface area (Å²) in [7, 11) is -4.37. The number of carbonyl (C=O) groups is 2. The third kappa shape index (κ3) is 8.57. The maximum absolute atomic E-state index is 14.5. The summed E-state index contributed by atoms with van der Waals surface area (Å²) in [6.07, 6.45) is 0.856. The molecule has 0 bridgehead atoms. The van der Waals surface area contributed by atoms with E-state index in [-0.39, 0.29) is 41.2 Å². The van der Waals surface area contributed by atoms with Crippen molar-refractivity contribution in [2.24, 2.45) is 0 Å². The Morgan fingerprint density at radius 1 is 0.870 bits per heavy atom. The highest BCUT2D eigenvalue weighted by molar-refractivity contribution is 7.92. The predicted octanol–water partition coefficient (Wildman–Crippen LogP) is 5.65. The molecule has 240 valence electrons. The van der Waals surface area contributed by atoms with E-state index in [1.807, 2.05) is 75.4 Å². The zero-order valence-corrected chi connectivity index (χ0v) is 26.9. The van der Waals surface area contributed by atoms with Gasteiger partial charge in [0.15, 0.2) is 0 Å². The van der Waals surface area contributed by atoms with E-state index in [0.29, 0.717) is 6.42 Å². The molecule has 0 aliphatic rings. The Bertz CT molecular complexity index is 1750. The number of nitro benzene ring substituents is 1. The fourth-order valence-electron chi connectivity index (χ4n) is 4.90. The van der Waals surface area contributed by atoms with Crippen LogP contribution < -0.4 is 9.62 Å². The van der Waals surface area contributed by atoms with E-state index in [1.54, 1.807) is 18.2 Å². The summed E-state index contributed by atoms with van der Waals surface area (Å²) in [5.74, 6) is -1.02. The van der Waals surface area contributed by atoms with Gasteiger partial charge >= 0.3 is 0 Å². The Labute approximate surface area is 269 Å². The van der Waals surface area contributed by atoms with E-state index in [4.69, 9.17) is 0 Å². The van der Waals surface area contributed by atoms with Crippen LogP contribution in [0.15, 0.2) is 114 Å². The molecule has 2 amide bonds. The fourth-order valence-corrected chi connectivity index (χ4v) is 6.32. The number of rotatable bonds is 14. The molecule has 11 heteroatoms. The highest BCUT2D eigenvalue weighted by Gasteiger charge is 2.35. The summed E-state index contributed by atoms with van der Waals surface area (Å²) in [5, 5.41) is 14.6. The Morgan fingerprint density at radius 3 is 2.11 bits per heavy atom. The van der Waals surface area contributed by atoms with Crippen molar-refractivity contribution in [3.63, 3.8) is 0 Å². The maximum atomic E-state index is 14.5.